The molecule has 1 rings (SSSR count). The highest BCUT2D eigenvalue weighted by molar-refractivity contribution is 5.04. The second kappa shape index (κ2) is 7.47. The number of rotatable bonds is 8. The highest BCUT2D eigenvalue weighted by Crippen LogP contribution is 2.26. The molecule has 3 heteroatoms. The number of nitrogens with two attached hydrogens (primary N) is 1. The van der Waals surface area contributed by atoms with Gasteiger partial charge >= 0.3 is 0 Å². The molecule has 3 N–H and O–H groups in total. The van der Waals surface area contributed by atoms with Gasteiger partial charge in [0.1, 0.15) is 5.76 Å². The molecule has 0 saturated heterocycles. The van der Waals surface area contributed by atoms with Gasteiger partial charge in [-0.05, 0) is 24.5 Å². The molecule has 0 amide bonds. The van der Waals surface area contributed by atoms with E-state index in [-0.39, 0.29) is 6.04 Å². The van der Waals surface area contributed by atoms with Crippen LogP contribution in [0, 0.1) is 5.92 Å². The molecule has 3 nitrogen and oxygen atoms in total. The lowest BCUT2D eigenvalue weighted by molar-refractivity contribution is 0.320. The highest BCUT2D eigenvalue weighted by Gasteiger charge is 2.17. The zero-order valence-electron chi connectivity index (χ0n) is 10.4. The van der Waals surface area contributed by atoms with Gasteiger partial charge in [0.2, 0.25) is 0 Å². The molecular weight excluding hydrogens is 200 g/mol. The van der Waals surface area contributed by atoms with Crippen LogP contribution in [-0.2, 0) is 0 Å². The van der Waals surface area contributed by atoms with Crippen molar-refractivity contribution in [3.05, 3.63) is 24.2 Å². The van der Waals surface area contributed by atoms with Crippen LogP contribution >= 0.6 is 0 Å². The van der Waals surface area contributed by atoms with Crippen molar-refractivity contribution in [1.82, 2.24) is 5.43 Å². The van der Waals surface area contributed by atoms with Crippen molar-refractivity contribution >= 4 is 0 Å². The van der Waals surface area contributed by atoms with Crippen LogP contribution in [0.2, 0.25) is 0 Å². The summed E-state index contributed by atoms with van der Waals surface area (Å²) in [7, 11) is 0. The number of hydrogen-bond acceptors (Lipinski definition) is 3. The predicted molar refractivity (Wildman–Crippen MR) is 66.7 cm³/mol. The van der Waals surface area contributed by atoms with E-state index in [0.29, 0.717) is 0 Å². The van der Waals surface area contributed by atoms with Crippen molar-refractivity contribution in [3.8, 4) is 0 Å². The number of hydrazine groups is 1. The lowest BCUT2D eigenvalue weighted by Crippen LogP contribution is -2.29. The third kappa shape index (κ3) is 3.99. The summed E-state index contributed by atoms with van der Waals surface area (Å²) in [5.74, 6) is 7.26. The Kier molecular flexibility index (Phi) is 6.19. The molecule has 1 aromatic rings. The Morgan fingerprint density at radius 1 is 1.44 bits per heavy atom. The fraction of sp³-hybridized carbons (Fsp3) is 0.692. The van der Waals surface area contributed by atoms with E-state index in [1.165, 1.54) is 25.7 Å². The summed E-state index contributed by atoms with van der Waals surface area (Å²) in [6.07, 6.45) is 7.81. The second-order valence-electron chi connectivity index (χ2n) is 4.39. The van der Waals surface area contributed by atoms with Crippen molar-refractivity contribution in [2.24, 2.45) is 11.8 Å². The summed E-state index contributed by atoms with van der Waals surface area (Å²) in [4.78, 5) is 0. The van der Waals surface area contributed by atoms with E-state index in [1.807, 2.05) is 12.1 Å². The van der Waals surface area contributed by atoms with Crippen LogP contribution in [0.4, 0.5) is 0 Å². The van der Waals surface area contributed by atoms with Crippen LogP contribution in [0.3, 0.4) is 0 Å². The smallest absolute Gasteiger partial charge is 0.122 e. The third-order valence-electron chi connectivity index (χ3n) is 3.20. The van der Waals surface area contributed by atoms with E-state index in [0.717, 1.165) is 18.1 Å². The van der Waals surface area contributed by atoms with Gasteiger partial charge in [-0.3, -0.25) is 5.84 Å². The lowest BCUT2D eigenvalue weighted by atomic mass is 9.91. The molecule has 0 radical (unpaired) electrons. The van der Waals surface area contributed by atoms with E-state index in [9.17, 15) is 0 Å². The van der Waals surface area contributed by atoms with Crippen molar-refractivity contribution in [3.63, 3.8) is 0 Å². The van der Waals surface area contributed by atoms with Crippen LogP contribution in [0.5, 0.6) is 0 Å². The maximum Gasteiger partial charge on any atom is 0.122 e. The Morgan fingerprint density at radius 3 is 2.75 bits per heavy atom. The molecule has 0 saturated carbocycles. The van der Waals surface area contributed by atoms with Gasteiger partial charge in [-0.15, -0.1) is 0 Å². The first-order chi connectivity index (χ1) is 7.81. The SMILES string of the molecule is CCCCC(CC)CC(NN)c1ccco1. The monoisotopic (exact) mass is 224 g/mol. The topological polar surface area (TPSA) is 51.2 Å². The van der Waals surface area contributed by atoms with E-state index in [2.05, 4.69) is 19.3 Å². The fourth-order valence-corrected chi connectivity index (χ4v) is 2.07. The molecule has 0 spiro atoms. The standard InChI is InChI=1S/C13H24N2O/c1-3-5-7-11(4-2)10-12(15-14)13-8-6-9-16-13/h6,8-9,11-12,15H,3-5,7,10,14H2,1-2H3. The van der Waals surface area contributed by atoms with E-state index >= 15 is 0 Å². The predicted octanol–water partition coefficient (Wildman–Crippen LogP) is 3.39. The molecule has 16 heavy (non-hydrogen) atoms. The summed E-state index contributed by atoms with van der Waals surface area (Å²) in [6, 6.07) is 4.04. The molecule has 2 atom stereocenters. The highest BCUT2D eigenvalue weighted by atomic mass is 16.3. The van der Waals surface area contributed by atoms with Gasteiger partial charge in [-0.2, -0.15) is 0 Å². The Morgan fingerprint density at radius 2 is 2.25 bits per heavy atom. The van der Waals surface area contributed by atoms with Gasteiger partial charge in [0.05, 0.1) is 12.3 Å². The normalized spacial score (nSPS) is 14.9. The van der Waals surface area contributed by atoms with E-state index in [4.69, 9.17) is 10.3 Å². The Balaban J connectivity index is 2.47. The van der Waals surface area contributed by atoms with Crippen LogP contribution in [0.15, 0.2) is 22.8 Å². The minimum absolute atomic E-state index is 0.150. The molecule has 0 bridgehead atoms. The van der Waals surface area contributed by atoms with Gasteiger partial charge in [0.15, 0.2) is 0 Å². The quantitative estimate of drug-likeness (QED) is 0.525. The molecule has 0 aromatic carbocycles. The number of unbranched alkanes of at least 4 members (excludes halogenated alkanes) is 1. The minimum Gasteiger partial charge on any atom is -0.468 e. The number of furan rings is 1. The number of nitrogens with one attached hydrogen (secondary N) is 1. The molecule has 1 aromatic heterocycles. The molecule has 2 unspecified atom stereocenters. The third-order valence-corrected chi connectivity index (χ3v) is 3.20. The van der Waals surface area contributed by atoms with Gasteiger partial charge in [0, 0.05) is 0 Å². The first-order valence-electron chi connectivity index (χ1n) is 6.31. The molecule has 92 valence electrons. The van der Waals surface area contributed by atoms with Crippen molar-refractivity contribution in [2.45, 2.75) is 52.0 Å². The average molecular weight is 224 g/mol. The molecule has 0 aliphatic carbocycles. The average Bonchev–Trinajstić information content (AvgIpc) is 2.83. The van der Waals surface area contributed by atoms with Crippen LogP contribution in [-0.4, -0.2) is 0 Å². The van der Waals surface area contributed by atoms with Gasteiger partial charge in [-0.1, -0.05) is 39.5 Å². The largest absolute Gasteiger partial charge is 0.468 e. The minimum atomic E-state index is 0.150. The summed E-state index contributed by atoms with van der Waals surface area (Å²) < 4.78 is 5.39. The Labute approximate surface area is 98.4 Å². The van der Waals surface area contributed by atoms with E-state index in [1.54, 1.807) is 6.26 Å². The van der Waals surface area contributed by atoms with E-state index < -0.39 is 0 Å². The van der Waals surface area contributed by atoms with Gasteiger partial charge in [0.25, 0.3) is 0 Å². The molecular formula is C13H24N2O. The molecule has 0 aliphatic rings. The number of hydrogen-bond donors (Lipinski definition) is 2. The van der Waals surface area contributed by atoms with Crippen molar-refractivity contribution in [1.29, 1.82) is 0 Å². The van der Waals surface area contributed by atoms with Crippen LogP contribution in [0.1, 0.15) is 57.8 Å². The summed E-state index contributed by atoms with van der Waals surface area (Å²) in [6.45, 7) is 4.48. The molecule has 1 heterocycles. The maximum absolute atomic E-state index is 5.59. The first-order valence-corrected chi connectivity index (χ1v) is 6.31. The van der Waals surface area contributed by atoms with Gasteiger partial charge in [-0.25, -0.2) is 5.43 Å². The lowest BCUT2D eigenvalue weighted by Gasteiger charge is -2.20. The maximum atomic E-state index is 5.59. The van der Waals surface area contributed by atoms with Gasteiger partial charge < -0.3 is 4.42 Å². The van der Waals surface area contributed by atoms with Crippen LogP contribution in [0.25, 0.3) is 0 Å². The summed E-state index contributed by atoms with van der Waals surface area (Å²) in [5.41, 5.74) is 2.85. The fourth-order valence-electron chi connectivity index (χ4n) is 2.07. The van der Waals surface area contributed by atoms with Crippen molar-refractivity contribution < 1.29 is 4.42 Å². The summed E-state index contributed by atoms with van der Waals surface area (Å²) in [5, 5.41) is 0. The molecule has 0 fully saturated rings. The zero-order valence-corrected chi connectivity index (χ0v) is 10.4. The first kappa shape index (κ1) is 13.3. The summed E-state index contributed by atoms with van der Waals surface area (Å²) >= 11 is 0. The zero-order chi connectivity index (χ0) is 11.8. The molecule has 0 aliphatic heterocycles. The van der Waals surface area contributed by atoms with Crippen LogP contribution < -0.4 is 11.3 Å². The Hall–Kier alpha value is -0.800. The van der Waals surface area contributed by atoms with Crippen molar-refractivity contribution in [2.75, 3.05) is 0 Å². The Bertz CT molecular complexity index is 259. The second-order valence-corrected chi connectivity index (χ2v) is 4.39.